The third-order valence-corrected chi connectivity index (χ3v) is 5.28. The molecule has 1 aromatic carbocycles. The van der Waals surface area contributed by atoms with E-state index in [0.717, 1.165) is 22.3 Å². The van der Waals surface area contributed by atoms with Gasteiger partial charge in [-0.05, 0) is 55.8 Å². The third-order valence-electron chi connectivity index (χ3n) is 5.05. The van der Waals surface area contributed by atoms with E-state index in [9.17, 15) is 0 Å². The predicted molar refractivity (Wildman–Crippen MR) is 99.4 cm³/mol. The number of allylic oxidation sites excluding steroid dienone is 2. The number of halogens is 3. The second-order valence-electron chi connectivity index (χ2n) is 6.85. The molecule has 2 aromatic rings. The molecule has 0 saturated carbocycles. The van der Waals surface area contributed by atoms with E-state index in [2.05, 4.69) is 0 Å². The molecule has 1 aromatic heterocycles. The smallest absolute Gasteiger partial charge is 0.393 e. The fourth-order valence-electron chi connectivity index (χ4n) is 4.22. The number of aromatic nitrogens is 1. The summed E-state index contributed by atoms with van der Waals surface area (Å²) in [6, 6.07) is 9.24. The summed E-state index contributed by atoms with van der Waals surface area (Å²) in [6.07, 6.45) is 1.83. The third kappa shape index (κ3) is 2.12. The second-order valence-corrected chi connectivity index (χ2v) is 7.28. The van der Waals surface area contributed by atoms with E-state index in [1.54, 1.807) is 19.9 Å². The molecule has 2 aliphatic heterocycles. The van der Waals surface area contributed by atoms with E-state index in [1.165, 1.54) is 8.96 Å². The quantitative estimate of drug-likeness (QED) is 0.620. The highest BCUT2D eigenvalue weighted by Gasteiger charge is 2.55. The highest BCUT2D eigenvalue weighted by atomic mass is 35.5. The monoisotopic (exact) mass is 358 g/mol. The first-order chi connectivity index (χ1) is 11.7. The summed E-state index contributed by atoms with van der Waals surface area (Å²) in [6.45, 7) is 3.31. The van der Waals surface area contributed by atoms with Crippen molar-refractivity contribution in [3.05, 3.63) is 75.2 Å². The Morgan fingerprint density at radius 2 is 1.80 bits per heavy atom. The van der Waals surface area contributed by atoms with Crippen LogP contribution in [0.5, 0.6) is 0 Å². The molecule has 0 bridgehead atoms. The van der Waals surface area contributed by atoms with Crippen molar-refractivity contribution in [3.8, 4) is 0 Å². The molecule has 2 nitrogen and oxygen atoms in total. The van der Waals surface area contributed by atoms with Gasteiger partial charge in [-0.25, -0.2) is 0 Å². The Morgan fingerprint density at radius 3 is 2.48 bits per heavy atom. The average Bonchev–Trinajstić information content (AvgIpc) is 2.97. The molecule has 4 rings (SSSR count). The molecule has 2 aliphatic rings. The van der Waals surface area contributed by atoms with Gasteiger partial charge in [-0.2, -0.15) is 0 Å². The van der Waals surface area contributed by atoms with Gasteiger partial charge in [0, 0.05) is 29.3 Å². The molecule has 0 aliphatic carbocycles. The van der Waals surface area contributed by atoms with Gasteiger partial charge in [-0.15, -0.1) is 0 Å². The van der Waals surface area contributed by atoms with Gasteiger partial charge in [-0.1, -0.05) is 23.7 Å². The summed E-state index contributed by atoms with van der Waals surface area (Å²) < 4.78 is 33.3. The standard InChI is InChI=1S/C19H18BClF2N2/c1-11-8-13(3)24-18(11)17(15-6-5-7-16(21)10-15)19-12(2)9-14(4)25(19)20(24,22)23/h5-10H,1-4H3. The van der Waals surface area contributed by atoms with E-state index in [1.807, 2.05) is 44.2 Å². The van der Waals surface area contributed by atoms with Crippen LogP contribution < -0.4 is 0 Å². The average molecular weight is 359 g/mol. The number of aryl methyl sites for hydroxylation is 2. The Balaban J connectivity index is 2.19. The van der Waals surface area contributed by atoms with Crippen molar-refractivity contribution in [1.82, 2.24) is 4.48 Å². The molecular weight excluding hydrogens is 340 g/mol. The lowest BCUT2D eigenvalue weighted by Gasteiger charge is -2.34. The fourth-order valence-corrected chi connectivity index (χ4v) is 4.41. The number of fused-ring (bicyclic) bond motifs is 2. The topological polar surface area (TPSA) is 7.94 Å². The minimum atomic E-state index is -3.93. The maximum absolute atomic E-state index is 15.5. The Labute approximate surface area is 150 Å². The summed E-state index contributed by atoms with van der Waals surface area (Å²) in [5, 5.41) is 0.591. The predicted octanol–water partition coefficient (Wildman–Crippen LogP) is 5.19. The Kier molecular flexibility index (Phi) is 3.39. The number of nitrogens with zero attached hydrogens (tertiary/aromatic N) is 2. The molecule has 0 amide bonds. The maximum Gasteiger partial charge on any atom is 0.737 e. The second kappa shape index (κ2) is 5.18. The minimum absolute atomic E-state index is 0.563. The molecule has 0 unspecified atom stereocenters. The van der Waals surface area contributed by atoms with Crippen molar-refractivity contribution in [1.29, 1.82) is 0 Å². The Bertz CT molecular complexity index is 1030. The van der Waals surface area contributed by atoms with E-state index in [0.29, 0.717) is 27.8 Å². The van der Waals surface area contributed by atoms with Crippen LogP contribution >= 0.6 is 11.6 Å². The van der Waals surface area contributed by atoms with Gasteiger partial charge in [0.2, 0.25) is 0 Å². The summed E-state index contributed by atoms with van der Waals surface area (Å²) in [5.41, 5.74) is 5.64. The molecule has 0 radical (unpaired) electrons. The summed E-state index contributed by atoms with van der Waals surface area (Å²) in [4.78, 5) is 0. The summed E-state index contributed by atoms with van der Waals surface area (Å²) >= 11 is 6.19. The van der Waals surface area contributed by atoms with Crippen LogP contribution in [0, 0.1) is 13.8 Å². The van der Waals surface area contributed by atoms with E-state index in [-0.39, 0.29) is 0 Å². The zero-order valence-corrected chi connectivity index (χ0v) is 15.3. The number of hydrogen-bond donors (Lipinski definition) is 0. The molecule has 0 saturated heterocycles. The lowest BCUT2D eigenvalue weighted by Crippen LogP contribution is -2.51. The summed E-state index contributed by atoms with van der Waals surface area (Å²) in [7, 11) is 0. The van der Waals surface area contributed by atoms with E-state index < -0.39 is 6.97 Å². The van der Waals surface area contributed by atoms with Gasteiger partial charge in [0.25, 0.3) is 0 Å². The molecule has 3 heterocycles. The molecule has 25 heavy (non-hydrogen) atoms. The zero-order valence-electron chi connectivity index (χ0n) is 14.6. The fraction of sp³-hybridized carbons (Fsp3) is 0.211. The molecule has 0 fully saturated rings. The van der Waals surface area contributed by atoms with Gasteiger partial charge >= 0.3 is 6.97 Å². The van der Waals surface area contributed by atoms with Crippen LogP contribution in [0.15, 0.2) is 47.7 Å². The van der Waals surface area contributed by atoms with Gasteiger partial charge in [0.15, 0.2) is 5.70 Å². The van der Waals surface area contributed by atoms with Gasteiger partial charge in [0.1, 0.15) is 5.71 Å². The van der Waals surface area contributed by atoms with E-state index in [4.69, 9.17) is 11.6 Å². The van der Waals surface area contributed by atoms with Gasteiger partial charge in [-0.3, -0.25) is 0 Å². The zero-order chi connectivity index (χ0) is 18.1. The van der Waals surface area contributed by atoms with Crippen LogP contribution in [-0.2, 0) is 0 Å². The van der Waals surface area contributed by atoms with Crippen molar-refractivity contribution in [2.24, 2.45) is 0 Å². The lowest BCUT2D eigenvalue weighted by atomic mass is 9.84. The maximum atomic E-state index is 15.5. The van der Waals surface area contributed by atoms with Crippen molar-refractivity contribution in [2.45, 2.75) is 27.7 Å². The first-order valence-electron chi connectivity index (χ1n) is 8.26. The molecule has 0 N–H and O–H groups in total. The Hall–Kier alpha value is -2.14. The largest absolute Gasteiger partial charge is 0.737 e. The minimum Gasteiger partial charge on any atom is -0.393 e. The van der Waals surface area contributed by atoms with Crippen LogP contribution in [0.2, 0.25) is 5.02 Å². The molecule has 0 spiro atoms. The van der Waals surface area contributed by atoms with Crippen molar-refractivity contribution < 1.29 is 13.1 Å². The van der Waals surface area contributed by atoms with Crippen LogP contribution in [0.25, 0.3) is 5.57 Å². The Morgan fingerprint density at radius 1 is 1.08 bits per heavy atom. The first-order valence-corrected chi connectivity index (χ1v) is 8.64. The number of benzene rings is 1. The highest BCUT2D eigenvalue weighted by Crippen LogP contribution is 2.44. The first kappa shape index (κ1) is 16.3. The van der Waals surface area contributed by atoms with Crippen molar-refractivity contribution in [2.75, 3.05) is 0 Å². The lowest BCUT2D eigenvalue weighted by molar-refractivity contribution is -0.363. The molecule has 0 atom stereocenters. The van der Waals surface area contributed by atoms with Crippen LogP contribution in [0.1, 0.15) is 36.4 Å². The van der Waals surface area contributed by atoms with E-state index >= 15 is 8.63 Å². The van der Waals surface area contributed by atoms with Gasteiger partial charge in [0.05, 0.1) is 5.57 Å². The van der Waals surface area contributed by atoms with Crippen LogP contribution in [0.3, 0.4) is 0 Å². The SMILES string of the molecule is CC1=CC(C)=[N+]2C1=C(c1cccc(Cl)c1)c1c(C)cc(C)n1[B-]2(F)F. The van der Waals surface area contributed by atoms with Crippen LogP contribution in [0.4, 0.5) is 8.63 Å². The molecule has 128 valence electrons. The number of hydrogen-bond acceptors (Lipinski definition) is 0. The van der Waals surface area contributed by atoms with Crippen molar-refractivity contribution in [3.63, 3.8) is 0 Å². The van der Waals surface area contributed by atoms with Crippen LogP contribution in [-0.4, -0.2) is 21.6 Å². The van der Waals surface area contributed by atoms with Crippen molar-refractivity contribution >= 4 is 29.9 Å². The highest BCUT2D eigenvalue weighted by molar-refractivity contribution is 6.58. The normalized spacial score (nSPS) is 18.4. The molecular formula is C19H18BClF2N2. The molecule has 6 heteroatoms. The summed E-state index contributed by atoms with van der Waals surface area (Å²) in [5.74, 6) is 0. The number of rotatable bonds is 1. The van der Waals surface area contributed by atoms with Gasteiger partial charge < -0.3 is 17.6 Å².